The van der Waals surface area contributed by atoms with E-state index in [1.54, 1.807) is 0 Å². The van der Waals surface area contributed by atoms with E-state index in [0.29, 0.717) is 0 Å². The Bertz CT molecular complexity index is 668. The van der Waals surface area contributed by atoms with E-state index in [2.05, 4.69) is 0 Å². The van der Waals surface area contributed by atoms with Crippen molar-refractivity contribution in [1.29, 1.82) is 0 Å². The Labute approximate surface area is 206 Å². The smallest absolute Gasteiger partial charge is 0.187 e. The summed E-state index contributed by atoms with van der Waals surface area (Å²) in [7, 11) is 2.55. The minimum atomic E-state index is -1.82. The Kier molecular flexibility index (Phi) is 10.8. The van der Waals surface area contributed by atoms with Crippen LogP contribution in [0, 0.1) is 0 Å². The molecule has 3 fully saturated rings. The number of rotatable bonds is 9. The van der Waals surface area contributed by atoms with Crippen LogP contribution in [0.3, 0.4) is 0 Å². The zero-order valence-electron chi connectivity index (χ0n) is 19.7. The number of aliphatic hydroxyl groups excluding tert-OH is 9. The Balaban J connectivity index is 1.74. The molecule has 3 saturated heterocycles. The molecule has 3 rings (SSSR count). The normalized spacial score (nSPS) is 50.2. The van der Waals surface area contributed by atoms with Gasteiger partial charge in [-0.3, -0.25) is 0 Å². The second kappa shape index (κ2) is 12.9. The Morgan fingerprint density at radius 3 is 1.47 bits per heavy atom. The molecule has 0 unspecified atom stereocenters. The van der Waals surface area contributed by atoms with Crippen LogP contribution in [0.25, 0.3) is 0 Å². The van der Waals surface area contributed by atoms with Gasteiger partial charge in [-0.2, -0.15) is 0 Å². The third-order valence-corrected chi connectivity index (χ3v) is 6.55. The molecule has 0 amide bonds. The highest BCUT2D eigenvalue weighted by molar-refractivity contribution is 4.96. The van der Waals surface area contributed by atoms with Crippen LogP contribution in [0.2, 0.25) is 0 Å². The summed E-state index contributed by atoms with van der Waals surface area (Å²) in [5.41, 5.74) is 0. The second-order valence-electron chi connectivity index (χ2n) is 8.76. The Morgan fingerprint density at radius 1 is 0.472 bits per heavy atom. The van der Waals surface area contributed by atoms with Gasteiger partial charge >= 0.3 is 0 Å². The molecule has 0 aromatic carbocycles. The van der Waals surface area contributed by atoms with Crippen molar-refractivity contribution in [2.24, 2.45) is 0 Å². The fourth-order valence-corrected chi connectivity index (χ4v) is 4.49. The standard InChI is InChI=1S/C20H36O16/c1-30-17-14(29)18(31-2)33-8(5-23)16(17)36-20-13(28)11(26)15(7(4-22)34-20)35-19-12(27)10(25)9(24)6(3-21)32-19/h6-29H,3-5H2,1-2H3/t6-,7-,8-,9+,10+,11-,12-,13-,14-,15-,16-,17-,18-,19+,20+/m1/s1. The largest absolute Gasteiger partial charge is 0.394 e. The zero-order valence-corrected chi connectivity index (χ0v) is 19.7. The summed E-state index contributed by atoms with van der Waals surface area (Å²) in [5, 5.41) is 90.9. The van der Waals surface area contributed by atoms with E-state index < -0.39 is 112 Å². The van der Waals surface area contributed by atoms with Gasteiger partial charge in [-0.25, -0.2) is 0 Å². The molecule has 0 saturated carbocycles. The van der Waals surface area contributed by atoms with Gasteiger partial charge in [0.15, 0.2) is 18.9 Å². The average molecular weight is 532 g/mol. The fraction of sp³-hybridized carbons (Fsp3) is 1.00. The highest BCUT2D eigenvalue weighted by Gasteiger charge is 2.53. The maximum Gasteiger partial charge on any atom is 0.187 e. The van der Waals surface area contributed by atoms with Crippen molar-refractivity contribution in [2.45, 2.75) is 92.1 Å². The predicted octanol–water partition coefficient (Wildman–Crippen LogP) is -6.26. The van der Waals surface area contributed by atoms with Gasteiger partial charge in [0, 0.05) is 14.2 Å². The summed E-state index contributed by atoms with van der Waals surface area (Å²) in [6, 6.07) is 0. The van der Waals surface area contributed by atoms with Crippen LogP contribution in [0.4, 0.5) is 0 Å². The van der Waals surface area contributed by atoms with Gasteiger partial charge in [0.2, 0.25) is 0 Å². The fourth-order valence-electron chi connectivity index (χ4n) is 4.49. The van der Waals surface area contributed by atoms with Crippen molar-refractivity contribution >= 4 is 0 Å². The quantitative estimate of drug-likeness (QED) is 0.134. The summed E-state index contributed by atoms with van der Waals surface area (Å²) in [4.78, 5) is 0. The monoisotopic (exact) mass is 532 g/mol. The van der Waals surface area contributed by atoms with Gasteiger partial charge in [0.05, 0.1) is 19.8 Å². The Hall–Kier alpha value is -0.640. The maximum absolute atomic E-state index is 10.7. The molecule has 16 heteroatoms. The molecular weight excluding hydrogens is 496 g/mol. The van der Waals surface area contributed by atoms with E-state index >= 15 is 0 Å². The number of methoxy groups -OCH3 is 2. The van der Waals surface area contributed by atoms with Gasteiger partial charge in [0.1, 0.15) is 73.2 Å². The molecule has 3 aliphatic heterocycles. The molecule has 3 heterocycles. The van der Waals surface area contributed by atoms with E-state index in [1.807, 2.05) is 0 Å². The predicted molar refractivity (Wildman–Crippen MR) is 111 cm³/mol. The van der Waals surface area contributed by atoms with E-state index in [4.69, 9.17) is 33.2 Å². The lowest BCUT2D eigenvalue weighted by Gasteiger charge is -2.48. The molecule has 9 N–H and O–H groups in total. The summed E-state index contributed by atoms with van der Waals surface area (Å²) < 4.78 is 37.8. The van der Waals surface area contributed by atoms with E-state index in [-0.39, 0.29) is 0 Å². The van der Waals surface area contributed by atoms with Crippen LogP contribution in [0.5, 0.6) is 0 Å². The molecule has 0 aromatic heterocycles. The van der Waals surface area contributed by atoms with E-state index in [0.717, 1.165) is 0 Å². The summed E-state index contributed by atoms with van der Waals surface area (Å²) in [6.07, 6.45) is -22.2. The topological polar surface area (TPSA) is 247 Å². The molecule has 16 nitrogen and oxygen atoms in total. The third-order valence-electron chi connectivity index (χ3n) is 6.55. The highest BCUT2D eigenvalue weighted by Crippen LogP contribution is 2.33. The van der Waals surface area contributed by atoms with E-state index in [1.165, 1.54) is 14.2 Å². The summed E-state index contributed by atoms with van der Waals surface area (Å²) in [6.45, 7) is -2.07. The SMILES string of the molecule is CO[C@@H]1O[C@H](CO)[C@@H](O[C@@H]2O[C@H](CO)[C@@H](O[C@@H]3O[C@H](CO)[C@H](O)[C@H](O)[C@H]3O)[C@H](O)[C@H]2O)[C@H](OC)[C@H]1O. The molecule has 0 spiro atoms. The van der Waals surface area contributed by atoms with Gasteiger partial charge in [-0.1, -0.05) is 0 Å². The molecular formula is C20H36O16. The maximum atomic E-state index is 10.7. The van der Waals surface area contributed by atoms with Crippen molar-refractivity contribution in [3.05, 3.63) is 0 Å². The second-order valence-corrected chi connectivity index (χ2v) is 8.76. The zero-order chi connectivity index (χ0) is 26.7. The molecule has 3 aliphatic rings. The van der Waals surface area contributed by atoms with Crippen molar-refractivity contribution in [2.75, 3.05) is 34.0 Å². The van der Waals surface area contributed by atoms with Crippen LogP contribution in [-0.4, -0.2) is 172 Å². The van der Waals surface area contributed by atoms with Crippen molar-refractivity contribution in [1.82, 2.24) is 0 Å². The third kappa shape index (κ3) is 5.84. The number of hydrogen-bond donors (Lipinski definition) is 9. The van der Waals surface area contributed by atoms with E-state index in [9.17, 15) is 46.0 Å². The summed E-state index contributed by atoms with van der Waals surface area (Å²) in [5.74, 6) is 0. The highest BCUT2D eigenvalue weighted by atomic mass is 16.8. The van der Waals surface area contributed by atoms with Gasteiger partial charge in [0.25, 0.3) is 0 Å². The first-order valence-electron chi connectivity index (χ1n) is 11.4. The first-order valence-corrected chi connectivity index (χ1v) is 11.4. The van der Waals surface area contributed by atoms with Crippen molar-refractivity contribution in [3.8, 4) is 0 Å². The molecule has 0 radical (unpaired) electrons. The minimum absolute atomic E-state index is 0.589. The molecule has 15 atom stereocenters. The average Bonchev–Trinajstić information content (AvgIpc) is 2.88. The number of aliphatic hydroxyl groups is 9. The summed E-state index contributed by atoms with van der Waals surface area (Å²) >= 11 is 0. The van der Waals surface area contributed by atoms with Gasteiger partial charge in [-0.15, -0.1) is 0 Å². The number of ether oxygens (including phenoxy) is 7. The molecule has 0 aromatic rings. The van der Waals surface area contributed by atoms with Crippen molar-refractivity contribution in [3.63, 3.8) is 0 Å². The van der Waals surface area contributed by atoms with Gasteiger partial charge in [-0.05, 0) is 0 Å². The minimum Gasteiger partial charge on any atom is -0.394 e. The first-order chi connectivity index (χ1) is 17.1. The van der Waals surface area contributed by atoms with Crippen molar-refractivity contribution < 1.29 is 79.1 Å². The molecule has 36 heavy (non-hydrogen) atoms. The lowest BCUT2D eigenvalue weighted by Crippen LogP contribution is -2.66. The van der Waals surface area contributed by atoms with Crippen LogP contribution in [-0.2, 0) is 33.2 Å². The molecule has 0 bridgehead atoms. The van der Waals surface area contributed by atoms with Crippen LogP contribution in [0.1, 0.15) is 0 Å². The molecule has 0 aliphatic carbocycles. The van der Waals surface area contributed by atoms with Gasteiger partial charge < -0.3 is 79.1 Å². The Morgan fingerprint density at radius 2 is 0.944 bits per heavy atom. The lowest BCUT2D eigenvalue weighted by molar-refractivity contribution is -0.379. The van der Waals surface area contributed by atoms with Crippen LogP contribution < -0.4 is 0 Å². The molecule has 212 valence electrons. The lowest BCUT2D eigenvalue weighted by atomic mass is 9.96. The van der Waals surface area contributed by atoms with Crippen LogP contribution >= 0.6 is 0 Å². The van der Waals surface area contributed by atoms with Crippen LogP contribution in [0.15, 0.2) is 0 Å². The number of hydrogen-bond acceptors (Lipinski definition) is 16. The first kappa shape index (κ1) is 29.9.